The maximum absolute atomic E-state index is 12.4. The smallest absolute Gasteiger partial charge is 0.227 e. The fourth-order valence-electron chi connectivity index (χ4n) is 2.88. The van der Waals surface area contributed by atoms with Crippen LogP contribution in [0.2, 0.25) is 0 Å². The molecule has 6 nitrogen and oxygen atoms in total. The van der Waals surface area contributed by atoms with Crippen molar-refractivity contribution >= 4 is 17.5 Å². The van der Waals surface area contributed by atoms with Crippen LogP contribution in [0, 0.1) is 6.92 Å². The number of hydrogen-bond donors (Lipinski definition) is 0. The number of ketones is 1. The Morgan fingerprint density at radius 1 is 1.26 bits per heavy atom. The Morgan fingerprint density at radius 3 is 2.89 bits per heavy atom. The summed E-state index contributed by atoms with van der Waals surface area (Å²) in [6.45, 7) is 1.89. The summed E-state index contributed by atoms with van der Waals surface area (Å²) < 4.78 is 11.1. The van der Waals surface area contributed by atoms with Gasteiger partial charge in [0, 0.05) is 29.9 Å². The number of aromatic nitrogens is 2. The zero-order valence-electron chi connectivity index (χ0n) is 14.5. The Morgan fingerprint density at radius 2 is 2.11 bits per heavy atom. The van der Waals surface area contributed by atoms with E-state index in [1.165, 1.54) is 24.1 Å². The Labute approximate surface area is 159 Å². The Kier molecular flexibility index (Phi) is 4.77. The summed E-state index contributed by atoms with van der Waals surface area (Å²) in [5.41, 5.74) is 2.15. The zero-order chi connectivity index (χ0) is 18.8. The fourth-order valence-corrected chi connectivity index (χ4v) is 3.65. The molecule has 0 fully saturated rings. The zero-order valence-corrected chi connectivity index (χ0v) is 15.4. The summed E-state index contributed by atoms with van der Waals surface area (Å²) in [7, 11) is 0. The number of rotatable bonds is 5. The van der Waals surface area contributed by atoms with E-state index in [-0.39, 0.29) is 17.0 Å². The molecule has 0 saturated carbocycles. The highest BCUT2D eigenvalue weighted by Gasteiger charge is 2.32. The van der Waals surface area contributed by atoms with Crippen LogP contribution < -0.4 is 10.2 Å². The molecule has 27 heavy (non-hydrogen) atoms. The number of benzene rings is 1. The van der Waals surface area contributed by atoms with Crippen molar-refractivity contribution in [2.24, 2.45) is 0 Å². The van der Waals surface area contributed by atoms with E-state index in [1.807, 2.05) is 31.2 Å². The van der Waals surface area contributed by atoms with E-state index in [0.29, 0.717) is 28.7 Å². The molecule has 1 unspecified atom stereocenters. The molecule has 0 bridgehead atoms. The molecule has 136 valence electrons. The maximum atomic E-state index is 12.4. The average molecular weight is 380 g/mol. The molecule has 1 aromatic carbocycles. The molecule has 4 rings (SSSR count). The first kappa shape index (κ1) is 17.5. The van der Waals surface area contributed by atoms with Crippen molar-refractivity contribution in [3.8, 4) is 5.75 Å². The van der Waals surface area contributed by atoms with Gasteiger partial charge in [-0.05, 0) is 18.6 Å². The minimum atomic E-state index is -0.689. The van der Waals surface area contributed by atoms with Gasteiger partial charge in [0.25, 0.3) is 0 Å². The quantitative estimate of drug-likeness (QED) is 0.496. The van der Waals surface area contributed by atoms with E-state index in [2.05, 4.69) is 9.97 Å². The summed E-state index contributed by atoms with van der Waals surface area (Å²) in [4.78, 5) is 33.2. The average Bonchev–Trinajstić information content (AvgIpc) is 2.98. The molecule has 3 aromatic rings. The number of Topliss-reactive ketones (excluding diaryl/α,β-unsaturated/α-hetero) is 1. The summed E-state index contributed by atoms with van der Waals surface area (Å²) in [5, 5.41) is 0.618. The van der Waals surface area contributed by atoms with Crippen molar-refractivity contribution in [1.29, 1.82) is 0 Å². The molecule has 0 amide bonds. The van der Waals surface area contributed by atoms with E-state index in [4.69, 9.17) is 9.15 Å². The third-order valence-corrected chi connectivity index (χ3v) is 5.10. The lowest BCUT2D eigenvalue weighted by molar-refractivity contribution is 0.0816. The van der Waals surface area contributed by atoms with E-state index >= 15 is 0 Å². The first-order valence-corrected chi connectivity index (χ1v) is 9.41. The molecule has 7 heteroatoms. The number of aryl methyl sites for hydroxylation is 1. The van der Waals surface area contributed by atoms with Crippen LogP contribution in [0.15, 0.2) is 63.2 Å². The van der Waals surface area contributed by atoms with Crippen molar-refractivity contribution < 1.29 is 13.9 Å². The lowest BCUT2D eigenvalue weighted by Crippen LogP contribution is -2.26. The van der Waals surface area contributed by atoms with Gasteiger partial charge in [-0.2, -0.15) is 0 Å². The van der Waals surface area contributed by atoms with Crippen molar-refractivity contribution in [1.82, 2.24) is 9.97 Å². The van der Waals surface area contributed by atoms with Gasteiger partial charge >= 0.3 is 0 Å². The Balaban J connectivity index is 1.43. The van der Waals surface area contributed by atoms with Gasteiger partial charge in [-0.25, -0.2) is 9.97 Å². The standard InChI is InChI=1S/C20H16N2O4S/c1-12-6-7-21-20(22-12)27-11-14-9-16(23)18(10-25-14)26-17-8-13-4-2-3-5-15(13)19(17)24/h2-7,9-10,17H,8,11H2,1H3. The second kappa shape index (κ2) is 7.36. The summed E-state index contributed by atoms with van der Waals surface area (Å²) >= 11 is 1.38. The molecule has 0 N–H and O–H groups in total. The molecular weight excluding hydrogens is 364 g/mol. The van der Waals surface area contributed by atoms with Gasteiger partial charge in [-0.3, -0.25) is 9.59 Å². The van der Waals surface area contributed by atoms with Crippen LogP contribution in [0.5, 0.6) is 5.75 Å². The van der Waals surface area contributed by atoms with Gasteiger partial charge in [0.1, 0.15) is 12.0 Å². The number of carbonyl (C=O) groups is 1. The minimum absolute atomic E-state index is 0.0433. The predicted octanol–water partition coefficient (Wildman–Crippen LogP) is 3.22. The van der Waals surface area contributed by atoms with Crippen molar-refractivity contribution in [2.75, 3.05) is 0 Å². The number of nitrogens with zero attached hydrogens (tertiary/aromatic N) is 2. The topological polar surface area (TPSA) is 82.3 Å². The molecule has 2 aromatic heterocycles. The minimum Gasteiger partial charge on any atom is -0.475 e. The number of ether oxygens (including phenoxy) is 1. The molecule has 1 aliphatic rings. The van der Waals surface area contributed by atoms with E-state index < -0.39 is 6.10 Å². The maximum Gasteiger partial charge on any atom is 0.227 e. The first-order chi connectivity index (χ1) is 13.1. The molecular formula is C20H16N2O4S. The third kappa shape index (κ3) is 3.78. The second-order valence-electron chi connectivity index (χ2n) is 6.18. The Hall–Kier alpha value is -2.93. The van der Waals surface area contributed by atoms with Gasteiger partial charge in [0.2, 0.25) is 17.0 Å². The molecule has 1 atom stereocenters. The fraction of sp³-hybridized carbons (Fsp3) is 0.200. The van der Waals surface area contributed by atoms with Gasteiger partial charge in [0.05, 0.1) is 5.75 Å². The van der Waals surface area contributed by atoms with E-state index in [0.717, 1.165) is 11.3 Å². The molecule has 0 spiro atoms. The number of thioether (sulfide) groups is 1. The largest absolute Gasteiger partial charge is 0.475 e. The molecule has 0 saturated heterocycles. The van der Waals surface area contributed by atoms with Crippen molar-refractivity contribution in [2.45, 2.75) is 30.4 Å². The lowest BCUT2D eigenvalue weighted by Gasteiger charge is -2.11. The van der Waals surface area contributed by atoms with Gasteiger partial charge in [-0.15, -0.1) is 0 Å². The van der Waals surface area contributed by atoms with Gasteiger partial charge in [-0.1, -0.05) is 36.0 Å². The van der Waals surface area contributed by atoms with E-state index in [9.17, 15) is 9.59 Å². The molecule has 0 radical (unpaired) electrons. The SMILES string of the molecule is Cc1ccnc(SCc2cc(=O)c(OC3Cc4ccccc4C3=O)co2)n1. The van der Waals surface area contributed by atoms with Crippen LogP contribution in [-0.2, 0) is 12.2 Å². The highest BCUT2D eigenvalue weighted by Crippen LogP contribution is 2.25. The number of fused-ring (bicyclic) bond motifs is 1. The van der Waals surface area contributed by atoms with Gasteiger partial charge < -0.3 is 9.15 Å². The van der Waals surface area contributed by atoms with E-state index in [1.54, 1.807) is 12.3 Å². The molecule has 2 heterocycles. The second-order valence-corrected chi connectivity index (χ2v) is 7.12. The molecule has 0 aliphatic heterocycles. The Bertz CT molecular complexity index is 1060. The summed E-state index contributed by atoms with van der Waals surface area (Å²) in [5.74, 6) is 0.846. The van der Waals surface area contributed by atoms with Crippen LogP contribution in [0.3, 0.4) is 0 Å². The highest BCUT2D eigenvalue weighted by atomic mass is 32.2. The van der Waals surface area contributed by atoms with Crippen LogP contribution in [0.4, 0.5) is 0 Å². The third-order valence-electron chi connectivity index (χ3n) is 4.22. The van der Waals surface area contributed by atoms with Crippen LogP contribution >= 0.6 is 11.8 Å². The number of carbonyl (C=O) groups excluding carboxylic acids is 1. The summed E-state index contributed by atoms with van der Waals surface area (Å²) in [6.07, 6.45) is 2.72. The lowest BCUT2D eigenvalue weighted by atomic mass is 10.1. The van der Waals surface area contributed by atoms with Crippen LogP contribution in [0.25, 0.3) is 0 Å². The molecule has 1 aliphatic carbocycles. The van der Waals surface area contributed by atoms with Crippen molar-refractivity contribution in [3.05, 3.63) is 81.7 Å². The van der Waals surface area contributed by atoms with Gasteiger partial charge in [0.15, 0.2) is 11.3 Å². The highest BCUT2D eigenvalue weighted by molar-refractivity contribution is 7.98. The predicted molar refractivity (Wildman–Crippen MR) is 100 cm³/mol. The first-order valence-electron chi connectivity index (χ1n) is 8.43. The number of hydrogen-bond acceptors (Lipinski definition) is 7. The van der Waals surface area contributed by atoms with Crippen molar-refractivity contribution in [3.63, 3.8) is 0 Å². The van der Waals surface area contributed by atoms with Crippen LogP contribution in [-0.4, -0.2) is 21.9 Å². The normalized spacial score (nSPS) is 15.6. The van der Waals surface area contributed by atoms with Crippen LogP contribution in [0.1, 0.15) is 27.4 Å². The monoisotopic (exact) mass is 380 g/mol. The summed E-state index contributed by atoms with van der Waals surface area (Å²) in [6, 6.07) is 10.6.